The fourth-order valence-corrected chi connectivity index (χ4v) is 2.76. The molecule has 1 saturated carbocycles. The van der Waals surface area contributed by atoms with E-state index in [0.717, 1.165) is 18.4 Å². The molecule has 0 saturated heterocycles. The molecule has 1 fully saturated rings. The maximum atomic E-state index is 12.2. The molecule has 120 valence electrons. The van der Waals surface area contributed by atoms with E-state index in [1.165, 1.54) is 19.3 Å². The number of nitrogens with one attached hydrogen (secondary N) is 2. The lowest BCUT2D eigenvalue weighted by Gasteiger charge is -2.22. The molecule has 0 atom stereocenters. The zero-order valence-electron chi connectivity index (χ0n) is 13.0. The molecule has 23 heavy (non-hydrogen) atoms. The van der Waals surface area contributed by atoms with E-state index in [1.54, 1.807) is 24.7 Å². The van der Waals surface area contributed by atoms with Crippen LogP contribution in [0, 0.1) is 0 Å². The van der Waals surface area contributed by atoms with Gasteiger partial charge in [0.1, 0.15) is 5.69 Å². The van der Waals surface area contributed by atoms with E-state index in [0.29, 0.717) is 24.2 Å². The van der Waals surface area contributed by atoms with Gasteiger partial charge in [-0.25, -0.2) is 9.97 Å². The van der Waals surface area contributed by atoms with Crippen molar-refractivity contribution in [2.45, 2.75) is 44.7 Å². The van der Waals surface area contributed by atoms with Crippen LogP contribution in [0.3, 0.4) is 0 Å². The zero-order chi connectivity index (χ0) is 15.9. The summed E-state index contributed by atoms with van der Waals surface area (Å²) in [5.41, 5.74) is 1.33. The Morgan fingerprint density at radius 2 is 2.04 bits per heavy atom. The molecule has 0 spiro atoms. The summed E-state index contributed by atoms with van der Waals surface area (Å²) < 4.78 is 0. The molecule has 3 rings (SSSR count). The number of carbonyl (C=O) groups is 1. The number of rotatable bonds is 5. The number of amides is 1. The van der Waals surface area contributed by atoms with Crippen molar-refractivity contribution in [3.63, 3.8) is 0 Å². The van der Waals surface area contributed by atoms with E-state index in [1.807, 2.05) is 12.1 Å². The van der Waals surface area contributed by atoms with Crippen LogP contribution in [0.4, 0.5) is 5.95 Å². The number of nitrogens with zero attached hydrogens (tertiary/aromatic N) is 3. The topological polar surface area (TPSA) is 79.8 Å². The molecule has 1 aliphatic rings. The predicted molar refractivity (Wildman–Crippen MR) is 87.9 cm³/mol. The number of aromatic nitrogens is 3. The maximum absolute atomic E-state index is 12.2. The Bertz CT molecular complexity index is 640. The molecule has 0 radical (unpaired) electrons. The highest BCUT2D eigenvalue weighted by atomic mass is 16.1. The van der Waals surface area contributed by atoms with Crippen LogP contribution >= 0.6 is 0 Å². The van der Waals surface area contributed by atoms with Crippen LogP contribution in [0.25, 0.3) is 0 Å². The Morgan fingerprint density at radius 1 is 1.17 bits per heavy atom. The summed E-state index contributed by atoms with van der Waals surface area (Å²) in [6.07, 6.45) is 11.1. The smallest absolute Gasteiger partial charge is 0.270 e. The summed E-state index contributed by atoms with van der Waals surface area (Å²) in [6, 6.07) is 5.81. The van der Waals surface area contributed by atoms with Gasteiger partial charge in [-0.05, 0) is 30.5 Å². The highest BCUT2D eigenvalue weighted by Gasteiger charge is 2.15. The largest absolute Gasteiger partial charge is 0.351 e. The maximum Gasteiger partial charge on any atom is 0.270 e. The molecule has 2 heterocycles. The number of pyridine rings is 1. The van der Waals surface area contributed by atoms with Crippen LogP contribution < -0.4 is 10.6 Å². The third-order valence-electron chi connectivity index (χ3n) is 4.00. The normalized spacial score (nSPS) is 15.1. The van der Waals surface area contributed by atoms with Crippen LogP contribution in [0.2, 0.25) is 0 Å². The molecular weight excluding hydrogens is 290 g/mol. The first-order chi connectivity index (χ1) is 11.3. The number of hydrogen-bond acceptors (Lipinski definition) is 5. The second-order valence-electron chi connectivity index (χ2n) is 5.79. The van der Waals surface area contributed by atoms with Gasteiger partial charge in [-0.1, -0.05) is 25.3 Å². The molecule has 2 aromatic heterocycles. The van der Waals surface area contributed by atoms with Gasteiger partial charge in [0, 0.05) is 31.2 Å². The molecule has 0 aromatic carbocycles. The first-order valence-corrected chi connectivity index (χ1v) is 8.08. The van der Waals surface area contributed by atoms with Gasteiger partial charge in [0.2, 0.25) is 5.95 Å². The molecule has 0 bridgehead atoms. The lowest BCUT2D eigenvalue weighted by atomic mass is 9.96. The fraction of sp³-hybridized carbons (Fsp3) is 0.412. The molecule has 0 aliphatic heterocycles. The average molecular weight is 311 g/mol. The van der Waals surface area contributed by atoms with Crippen LogP contribution in [0.5, 0.6) is 0 Å². The van der Waals surface area contributed by atoms with E-state index in [2.05, 4.69) is 25.6 Å². The van der Waals surface area contributed by atoms with E-state index < -0.39 is 0 Å². The second kappa shape index (κ2) is 7.67. The summed E-state index contributed by atoms with van der Waals surface area (Å²) in [5, 5.41) is 6.19. The minimum atomic E-state index is -0.206. The molecular formula is C17H21N5O. The van der Waals surface area contributed by atoms with E-state index in [-0.39, 0.29) is 5.91 Å². The van der Waals surface area contributed by atoms with Gasteiger partial charge in [0.15, 0.2) is 0 Å². The SMILES string of the molecule is O=C(NCc1cccnc1)c1ccnc(NC2CCCCC2)n1. The quantitative estimate of drug-likeness (QED) is 0.887. The first kappa shape index (κ1) is 15.4. The predicted octanol–water partition coefficient (Wildman–Crippen LogP) is 2.55. The first-order valence-electron chi connectivity index (χ1n) is 8.08. The van der Waals surface area contributed by atoms with Crippen molar-refractivity contribution in [2.24, 2.45) is 0 Å². The molecule has 1 aliphatic carbocycles. The Hall–Kier alpha value is -2.50. The minimum absolute atomic E-state index is 0.206. The van der Waals surface area contributed by atoms with Crippen molar-refractivity contribution in [2.75, 3.05) is 5.32 Å². The zero-order valence-corrected chi connectivity index (χ0v) is 13.0. The van der Waals surface area contributed by atoms with Crippen molar-refractivity contribution in [1.29, 1.82) is 0 Å². The van der Waals surface area contributed by atoms with Crippen molar-refractivity contribution >= 4 is 11.9 Å². The standard InChI is InChI=1S/C17H21N5O/c23-16(20-12-13-5-4-9-18-11-13)15-8-10-19-17(22-15)21-14-6-2-1-3-7-14/h4-5,8-11,14H,1-3,6-7,12H2,(H,20,23)(H,19,21,22). The molecule has 2 aromatic rings. The number of carbonyl (C=O) groups excluding carboxylic acids is 1. The lowest BCUT2D eigenvalue weighted by molar-refractivity contribution is 0.0946. The van der Waals surface area contributed by atoms with E-state index in [4.69, 9.17) is 0 Å². The van der Waals surface area contributed by atoms with Crippen LogP contribution in [-0.4, -0.2) is 26.9 Å². The highest BCUT2D eigenvalue weighted by molar-refractivity contribution is 5.92. The summed E-state index contributed by atoms with van der Waals surface area (Å²) in [4.78, 5) is 24.8. The third kappa shape index (κ3) is 4.48. The molecule has 0 unspecified atom stereocenters. The number of hydrogen-bond donors (Lipinski definition) is 2. The van der Waals surface area contributed by atoms with Gasteiger partial charge in [-0.3, -0.25) is 9.78 Å². The van der Waals surface area contributed by atoms with Crippen LogP contribution in [0.1, 0.15) is 48.2 Å². The van der Waals surface area contributed by atoms with E-state index >= 15 is 0 Å². The molecule has 2 N–H and O–H groups in total. The Morgan fingerprint density at radius 3 is 2.83 bits per heavy atom. The van der Waals surface area contributed by atoms with Crippen molar-refractivity contribution < 1.29 is 4.79 Å². The minimum Gasteiger partial charge on any atom is -0.351 e. The van der Waals surface area contributed by atoms with Crippen molar-refractivity contribution in [3.8, 4) is 0 Å². The van der Waals surface area contributed by atoms with Crippen molar-refractivity contribution in [3.05, 3.63) is 48.0 Å². The van der Waals surface area contributed by atoms with Gasteiger partial charge in [0.25, 0.3) is 5.91 Å². The lowest BCUT2D eigenvalue weighted by Crippen LogP contribution is -2.26. The monoisotopic (exact) mass is 311 g/mol. The molecule has 6 nitrogen and oxygen atoms in total. The summed E-state index contributed by atoms with van der Waals surface area (Å²) in [7, 11) is 0. The van der Waals surface area contributed by atoms with Crippen molar-refractivity contribution in [1.82, 2.24) is 20.3 Å². The van der Waals surface area contributed by atoms with Gasteiger partial charge in [-0.15, -0.1) is 0 Å². The average Bonchev–Trinajstić information content (AvgIpc) is 2.62. The second-order valence-corrected chi connectivity index (χ2v) is 5.79. The summed E-state index contributed by atoms with van der Waals surface area (Å²) in [6.45, 7) is 0.433. The Kier molecular flexibility index (Phi) is 5.13. The van der Waals surface area contributed by atoms with E-state index in [9.17, 15) is 4.79 Å². The Labute approximate surface area is 135 Å². The van der Waals surface area contributed by atoms with Gasteiger partial charge < -0.3 is 10.6 Å². The van der Waals surface area contributed by atoms with Gasteiger partial charge in [0.05, 0.1) is 0 Å². The fourth-order valence-electron chi connectivity index (χ4n) is 2.76. The number of anilines is 1. The molecule has 6 heteroatoms. The highest BCUT2D eigenvalue weighted by Crippen LogP contribution is 2.20. The van der Waals surface area contributed by atoms with Crippen LogP contribution in [-0.2, 0) is 6.54 Å². The third-order valence-corrected chi connectivity index (χ3v) is 4.00. The van der Waals surface area contributed by atoms with Crippen LogP contribution in [0.15, 0.2) is 36.8 Å². The summed E-state index contributed by atoms with van der Waals surface area (Å²) >= 11 is 0. The molecule has 1 amide bonds. The van der Waals surface area contributed by atoms with Gasteiger partial charge >= 0.3 is 0 Å². The summed E-state index contributed by atoms with van der Waals surface area (Å²) in [5.74, 6) is 0.328. The Balaban J connectivity index is 1.58. The van der Waals surface area contributed by atoms with Gasteiger partial charge in [-0.2, -0.15) is 0 Å².